The van der Waals surface area contributed by atoms with Crippen LogP contribution in [0.15, 0.2) is 48.5 Å². The van der Waals surface area contributed by atoms with Gasteiger partial charge in [-0.1, -0.05) is 61.7 Å². The molecule has 1 fully saturated rings. The number of benzene rings is 2. The van der Waals surface area contributed by atoms with Crippen LogP contribution in [0, 0.1) is 6.92 Å². The zero-order valence-electron chi connectivity index (χ0n) is 18.6. The fourth-order valence-corrected chi connectivity index (χ4v) is 4.47. The molecule has 0 bridgehead atoms. The van der Waals surface area contributed by atoms with Gasteiger partial charge in [0.25, 0.3) is 0 Å². The minimum Gasteiger partial charge on any atom is -0.352 e. The summed E-state index contributed by atoms with van der Waals surface area (Å²) in [5.74, 6) is -0.158. The van der Waals surface area contributed by atoms with Gasteiger partial charge in [-0.05, 0) is 49.6 Å². The molecule has 6 heteroatoms. The van der Waals surface area contributed by atoms with E-state index in [0.29, 0.717) is 6.04 Å². The van der Waals surface area contributed by atoms with Gasteiger partial charge in [0.1, 0.15) is 0 Å². The van der Waals surface area contributed by atoms with Crippen molar-refractivity contribution in [3.63, 3.8) is 0 Å². The Morgan fingerprint density at radius 2 is 1.74 bits per heavy atom. The first-order valence-electron chi connectivity index (χ1n) is 11.1. The summed E-state index contributed by atoms with van der Waals surface area (Å²) in [6.45, 7) is 2.75. The number of hydrogen-bond acceptors (Lipinski definition) is 3. The molecule has 1 aliphatic carbocycles. The molecule has 0 unspecified atom stereocenters. The molecular weight excluding hydrogens is 388 g/mol. The van der Waals surface area contributed by atoms with Crippen LogP contribution in [0.3, 0.4) is 0 Å². The van der Waals surface area contributed by atoms with Crippen molar-refractivity contribution in [1.29, 1.82) is 0 Å². The SMILES string of the molecule is Cc1ccccc1[C@H](CC(=O)Nc1ccccc1CN(C)C1CCCCC1)NC(N)=O. The maximum absolute atomic E-state index is 12.9. The van der Waals surface area contributed by atoms with Crippen LogP contribution < -0.4 is 16.4 Å². The molecule has 0 saturated heterocycles. The Bertz CT molecular complexity index is 893. The van der Waals surface area contributed by atoms with Crippen LogP contribution in [-0.2, 0) is 11.3 Å². The van der Waals surface area contributed by atoms with E-state index in [-0.39, 0.29) is 12.3 Å². The molecule has 0 radical (unpaired) electrons. The molecule has 31 heavy (non-hydrogen) atoms. The van der Waals surface area contributed by atoms with Crippen molar-refractivity contribution in [1.82, 2.24) is 10.2 Å². The lowest BCUT2D eigenvalue weighted by Gasteiger charge is -2.31. The maximum Gasteiger partial charge on any atom is 0.312 e. The average Bonchev–Trinajstić information content (AvgIpc) is 2.75. The summed E-state index contributed by atoms with van der Waals surface area (Å²) in [4.78, 5) is 26.8. The lowest BCUT2D eigenvalue weighted by Crippen LogP contribution is -2.35. The highest BCUT2D eigenvalue weighted by molar-refractivity contribution is 5.92. The van der Waals surface area contributed by atoms with Crippen LogP contribution in [-0.4, -0.2) is 29.9 Å². The van der Waals surface area contributed by atoms with Gasteiger partial charge in [-0.2, -0.15) is 0 Å². The Labute approximate surface area is 185 Å². The number of urea groups is 1. The van der Waals surface area contributed by atoms with Crippen molar-refractivity contribution < 1.29 is 9.59 Å². The summed E-state index contributed by atoms with van der Waals surface area (Å²) in [7, 11) is 2.17. The number of para-hydroxylation sites is 1. The van der Waals surface area contributed by atoms with Crippen molar-refractivity contribution in [2.75, 3.05) is 12.4 Å². The molecule has 0 heterocycles. The summed E-state index contributed by atoms with van der Waals surface area (Å²) >= 11 is 0. The maximum atomic E-state index is 12.9. The molecule has 166 valence electrons. The summed E-state index contributed by atoms with van der Waals surface area (Å²) in [5, 5.41) is 5.77. The topological polar surface area (TPSA) is 87.5 Å². The number of rotatable bonds is 8. The van der Waals surface area contributed by atoms with Crippen molar-refractivity contribution in [2.45, 2.75) is 64.1 Å². The van der Waals surface area contributed by atoms with Crippen LogP contribution in [0.25, 0.3) is 0 Å². The zero-order valence-corrected chi connectivity index (χ0v) is 18.6. The fourth-order valence-electron chi connectivity index (χ4n) is 4.47. The van der Waals surface area contributed by atoms with Gasteiger partial charge < -0.3 is 16.4 Å². The Morgan fingerprint density at radius 3 is 2.45 bits per heavy atom. The summed E-state index contributed by atoms with van der Waals surface area (Å²) in [5.41, 5.74) is 9.18. The first-order valence-corrected chi connectivity index (χ1v) is 11.1. The van der Waals surface area contributed by atoms with Crippen molar-refractivity contribution >= 4 is 17.6 Å². The molecule has 0 aromatic heterocycles. The molecule has 2 aromatic rings. The second kappa shape index (κ2) is 11.0. The van der Waals surface area contributed by atoms with E-state index < -0.39 is 12.1 Å². The number of carbonyl (C=O) groups is 2. The molecule has 3 rings (SSSR count). The van der Waals surface area contributed by atoms with E-state index in [2.05, 4.69) is 28.6 Å². The number of aryl methyl sites for hydroxylation is 1. The smallest absolute Gasteiger partial charge is 0.312 e. The highest BCUT2D eigenvalue weighted by atomic mass is 16.2. The Kier molecular flexibility index (Phi) is 8.06. The monoisotopic (exact) mass is 422 g/mol. The summed E-state index contributed by atoms with van der Waals surface area (Å²) < 4.78 is 0. The number of hydrogen-bond donors (Lipinski definition) is 3. The van der Waals surface area contributed by atoms with Crippen LogP contribution in [0.2, 0.25) is 0 Å². The number of nitrogens with zero attached hydrogens (tertiary/aromatic N) is 1. The molecule has 2 aromatic carbocycles. The van der Waals surface area contributed by atoms with E-state index >= 15 is 0 Å². The second-order valence-electron chi connectivity index (χ2n) is 8.53. The number of nitrogens with one attached hydrogen (secondary N) is 2. The van der Waals surface area contributed by atoms with Crippen molar-refractivity contribution in [3.8, 4) is 0 Å². The molecule has 0 aliphatic heterocycles. The van der Waals surface area contributed by atoms with E-state index in [9.17, 15) is 9.59 Å². The normalized spacial score (nSPS) is 15.5. The number of carbonyl (C=O) groups excluding carboxylic acids is 2. The van der Waals surface area contributed by atoms with Crippen molar-refractivity contribution in [2.24, 2.45) is 5.73 Å². The summed E-state index contributed by atoms with van der Waals surface area (Å²) in [6.07, 6.45) is 6.50. The highest BCUT2D eigenvalue weighted by Crippen LogP contribution is 2.26. The van der Waals surface area contributed by atoms with E-state index in [4.69, 9.17) is 5.73 Å². The number of primary amides is 1. The average molecular weight is 423 g/mol. The number of amides is 3. The largest absolute Gasteiger partial charge is 0.352 e. The molecule has 1 aliphatic rings. The lowest BCUT2D eigenvalue weighted by molar-refractivity contribution is -0.116. The summed E-state index contributed by atoms with van der Waals surface area (Å²) in [6, 6.07) is 15.1. The van der Waals surface area contributed by atoms with Crippen LogP contribution in [0.4, 0.5) is 10.5 Å². The highest BCUT2D eigenvalue weighted by Gasteiger charge is 2.21. The molecule has 3 amide bonds. The molecule has 6 nitrogen and oxygen atoms in total. The molecule has 1 atom stereocenters. The molecule has 4 N–H and O–H groups in total. The predicted octanol–water partition coefficient (Wildman–Crippen LogP) is 4.50. The predicted molar refractivity (Wildman–Crippen MR) is 125 cm³/mol. The van der Waals surface area contributed by atoms with E-state index in [1.54, 1.807) is 0 Å². The quantitative estimate of drug-likeness (QED) is 0.585. The first kappa shape index (κ1) is 22.8. The van der Waals surface area contributed by atoms with E-state index in [1.807, 2.05) is 49.4 Å². The number of nitrogens with two attached hydrogens (primary N) is 1. The van der Waals surface area contributed by atoms with Crippen LogP contribution >= 0.6 is 0 Å². The number of anilines is 1. The molecule has 0 spiro atoms. The Balaban J connectivity index is 1.69. The minimum absolute atomic E-state index is 0.112. The van der Waals surface area contributed by atoms with Gasteiger partial charge in [0.2, 0.25) is 5.91 Å². The van der Waals surface area contributed by atoms with Gasteiger partial charge in [-0.25, -0.2) is 4.79 Å². The standard InChI is InChI=1S/C25H34N4O2/c1-18-10-6-8-14-21(18)23(28-25(26)31)16-24(30)27-22-15-9-7-11-19(22)17-29(2)20-12-4-3-5-13-20/h6-11,14-15,20,23H,3-5,12-13,16-17H2,1-2H3,(H,27,30)(H3,26,28,31)/t23-/m0/s1. The van der Waals surface area contributed by atoms with Gasteiger partial charge in [0.15, 0.2) is 0 Å². The van der Waals surface area contributed by atoms with E-state index in [1.165, 1.54) is 32.1 Å². The van der Waals surface area contributed by atoms with Crippen LogP contribution in [0.5, 0.6) is 0 Å². The van der Waals surface area contributed by atoms with Crippen molar-refractivity contribution in [3.05, 3.63) is 65.2 Å². The second-order valence-corrected chi connectivity index (χ2v) is 8.53. The van der Waals surface area contributed by atoms with Crippen LogP contribution in [0.1, 0.15) is 61.3 Å². The molecular formula is C25H34N4O2. The zero-order chi connectivity index (χ0) is 22.2. The van der Waals surface area contributed by atoms with Gasteiger partial charge >= 0.3 is 6.03 Å². The third-order valence-electron chi connectivity index (χ3n) is 6.18. The van der Waals surface area contributed by atoms with Gasteiger partial charge in [0.05, 0.1) is 12.5 Å². The fraction of sp³-hybridized carbons (Fsp3) is 0.440. The Morgan fingerprint density at radius 1 is 1.06 bits per heavy atom. The van der Waals surface area contributed by atoms with Gasteiger partial charge in [0, 0.05) is 18.3 Å². The van der Waals surface area contributed by atoms with E-state index in [0.717, 1.165) is 28.9 Å². The Hall–Kier alpha value is -2.86. The van der Waals surface area contributed by atoms with Gasteiger partial charge in [-0.3, -0.25) is 9.69 Å². The third kappa shape index (κ3) is 6.56. The minimum atomic E-state index is -0.643. The third-order valence-corrected chi connectivity index (χ3v) is 6.18. The molecule has 1 saturated carbocycles. The van der Waals surface area contributed by atoms with Gasteiger partial charge in [-0.15, -0.1) is 0 Å². The first-order chi connectivity index (χ1) is 14.9. The lowest BCUT2D eigenvalue weighted by atomic mass is 9.94.